The number of ether oxygens (including phenoxy) is 2. The lowest BCUT2D eigenvalue weighted by Crippen LogP contribution is -2.38. The van der Waals surface area contributed by atoms with Crippen LogP contribution < -0.4 is 4.74 Å². The van der Waals surface area contributed by atoms with E-state index in [-0.39, 0.29) is 12.4 Å². The van der Waals surface area contributed by atoms with Crippen LogP contribution in [0.1, 0.15) is 13.3 Å². The molecule has 0 aliphatic carbocycles. The Morgan fingerprint density at radius 3 is 2.81 bits per heavy atom. The molecule has 0 spiro atoms. The van der Waals surface area contributed by atoms with Gasteiger partial charge in [0.15, 0.2) is 0 Å². The first-order valence-corrected chi connectivity index (χ1v) is 7.54. The summed E-state index contributed by atoms with van der Waals surface area (Å²) < 4.78 is 23.6. The van der Waals surface area contributed by atoms with Crippen molar-refractivity contribution in [3.8, 4) is 5.75 Å². The number of halogens is 1. The van der Waals surface area contributed by atoms with Gasteiger partial charge in [-0.05, 0) is 43.1 Å². The van der Waals surface area contributed by atoms with Crippen LogP contribution in [0.2, 0.25) is 0 Å². The Morgan fingerprint density at radius 2 is 2.19 bits per heavy atom. The second-order valence-electron chi connectivity index (χ2n) is 5.50. The van der Waals surface area contributed by atoms with Crippen LogP contribution in [-0.2, 0) is 4.74 Å². The molecule has 4 nitrogen and oxygen atoms in total. The zero-order chi connectivity index (χ0) is 15.1. The van der Waals surface area contributed by atoms with Gasteiger partial charge in [0.1, 0.15) is 24.3 Å². The summed E-state index contributed by atoms with van der Waals surface area (Å²) in [4.78, 5) is 2.22. The molecule has 0 unspecified atom stereocenters. The predicted molar refractivity (Wildman–Crippen MR) is 78.9 cm³/mol. The fourth-order valence-corrected chi connectivity index (χ4v) is 2.50. The van der Waals surface area contributed by atoms with Crippen LogP contribution in [0.4, 0.5) is 4.39 Å². The Bertz CT molecular complexity index is 406. The van der Waals surface area contributed by atoms with E-state index in [4.69, 9.17) is 9.47 Å². The van der Waals surface area contributed by atoms with E-state index in [0.29, 0.717) is 18.2 Å². The molecule has 5 heteroatoms. The van der Waals surface area contributed by atoms with Gasteiger partial charge in [-0.2, -0.15) is 0 Å². The van der Waals surface area contributed by atoms with E-state index in [2.05, 4.69) is 11.8 Å². The van der Waals surface area contributed by atoms with E-state index in [1.54, 1.807) is 12.1 Å². The first-order chi connectivity index (χ1) is 10.2. The van der Waals surface area contributed by atoms with Gasteiger partial charge in [-0.3, -0.25) is 0 Å². The van der Waals surface area contributed by atoms with E-state index in [1.807, 2.05) is 0 Å². The molecule has 1 aliphatic heterocycles. The zero-order valence-corrected chi connectivity index (χ0v) is 12.5. The zero-order valence-electron chi connectivity index (χ0n) is 12.5. The lowest BCUT2D eigenvalue weighted by atomic mass is 10.1. The monoisotopic (exact) mass is 297 g/mol. The average Bonchev–Trinajstić information content (AvgIpc) is 2.99. The summed E-state index contributed by atoms with van der Waals surface area (Å²) in [5.41, 5.74) is 0. The van der Waals surface area contributed by atoms with Crippen molar-refractivity contribution in [1.82, 2.24) is 4.90 Å². The van der Waals surface area contributed by atoms with Crippen LogP contribution in [0.25, 0.3) is 0 Å². The first-order valence-electron chi connectivity index (χ1n) is 7.54. The standard InChI is InChI=1S/C16H24FNO3/c1-2-18(9-13-7-8-20-11-13)10-15(19)12-21-16-5-3-14(17)4-6-16/h3-6,13,15,19H,2,7-12H2,1H3/t13-,15-/m0/s1. The summed E-state index contributed by atoms with van der Waals surface area (Å²) in [5, 5.41) is 10.1. The largest absolute Gasteiger partial charge is 0.491 e. The van der Waals surface area contributed by atoms with Gasteiger partial charge in [0.05, 0.1) is 6.61 Å². The third-order valence-electron chi connectivity index (χ3n) is 3.71. The van der Waals surface area contributed by atoms with Gasteiger partial charge in [0.2, 0.25) is 0 Å². The molecule has 1 fully saturated rings. The minimum absolute atomic E-state index is 0.212. The molecule has 21 heavy (non-hydrogen) atoms. The number of aliphatic hydroxyl groups is 1. The SMILES string of the molecule is CCN(C[C@H](O)COc1ccc(F)cc1)C[C@@H]1CCOC1. The lowest BCUT2D eigenvalue weighted by molar-refractivity contribution is 0.0631. The molecule has 0 radical (unpaired) electrons. The molecule has 1 aromatic rings. The van der Waals surface area contributed by atoms with Crippen LogP contribution in [0.5, 0.6) is 5.75 Å². The van der Waals surface area contributed by atoms with Crippen LogP contribution in [-0.4, -0.2) is 55.6 Å². The van der Waals surface area contributed by atoms with Crippen molar-refractivity contribution in [3.05, 3.63) is 30.1 Å². The van der Waals surface area contributed by atoms with Crippen molar-refractivity contribution >= 4 is 0 Å². The van der Waals surface area contributed by atoms with E-state index in [9.17, 15) is 9.50 Å². The number of hydrogen-bond donors (Lipinski definition) is 1. The number of benzene rings is 1. The minimum atomic E-state index is -0.558. The van der Waals surface area contributed by atoms with Crippen molar-refractivity contribution in [1.29, 1.82) is 0 Å². The predicted octanol–water partition coefficient (Wildman–Crippen LogP) is 1.92. The molecular weight excluding hydrogens is 273 g/mol. The number of rotatable bonds is 8. The summed E-state index contributed by atoms with van der Waals surface area (Å²) in [6, 6.07) is 5.82. The number of hydrogen-bond acceptors (Lipinski definition) is 4. The Labute approximate surface area is 125 Å². The highest BCUT2D eigenvalue weighted by molar-refractivity contribution is 5.22. The molecule has 118 valence electrons. The molecule has 1 saturated heterocycles. The number of likely N-dealkylation sites (N-methyl/N-ethyl adjacent to an activating group) is 1. The van der Waals surface area contributed by atoms with Crippen LogP contribution in [0.3, 0.4) is 0 Å². The Balaban J connectivity index is 1.71. The van der Waals surface area contributed by atoms with Crippen molar-refractivity contribution in [2.75, 3.05) is 39.5 Å². The number of nitrogens with zero attached hydrogens (tertiary/aromatic N) is 1. The van der Waals surface area contributed by atoms with E-state index < -0.39 is 6.10 Å². The van der Waals surface area contributed by atoms with Crippen molar-refractivity contribution in [3.63, 3.8) is 0 Å². The third kappa shape index (κ3) is 5.61. The molecule has 0 aromatic heterocycles. The summed E-state index contributed by atoms with van der Waals surface area (Å²) in [7, 11) is 0. The molecule has 2 atom stereocenters. The molecule has 1 heterocycles. The van der Waals surface area contributed by atoms with Gasteiger partial charge in [-0.1, -0.05) is 6.92 Å². The molecule has 0 amide bonds. The molecular formula is C16H24FNO3. The van der Waals surface area contributed by atoms with E-state index >= 15 is 0 Å². The number of aliphatic hydroxyl groups excluding tert-OH is 1. The fourth-order valence-electron chi connectivity index (χ4n) is 2.50. The highest BCUT2D eigenvalue weighted by Gasteiger charge is 2.20. The molecule has 2 rings (SSSR count). The minimum Gasteiger partial charge on any atom is -0.491 e. The van der Waals surface area contributed by atoms with Crippen LogP contribution in [0, 0.1) is 11.7 Å². The molecule has 0 saturated carbocycles. The van der Waals surface area contributed by atoms with Crippen molar-refractivity contribution < 1.29 is 19.0 Å². The van der Waals surface area contributed by atoms with Crippen molar-refractivity contribution in [2.45, 2.75) is 19.4 Å². The summed E-state index contributed by atoms with van der Waals surface area (Å²) in [6.45, 7) is 6.38. The fraction of sp³-hybridized carbons (Fsp3) is 0.625. The van der Waals surface area contributed by atoms with Gasteiger partial charge < -0.3 is 19.5 Å². The van der Waals surface area contributed by atoms with Gasteiger partial charge in [0.25, 0.3) is 0 Å². The van der Waals surface area contributed by atoms with Gasteiger partial charge in [-0.25, -0.2) is 4.39 Å². The summed E-state index contributed by atoms with van der Waals surface area (Å²) in [6.07, 6.45) is 0.538. The second kappa shape index (κ2) is 8.32. The van der Waals surface area contributed by atoms with Gasteiger partial charge in [0, 0.05) is 19.7 Å². The smallest absolute Gasteiger partial charge is 0.123 e. The van der Waals surface area contributed by atoms with E-state index in [0.717, 1.165) is 32.7 Å². The van der Waals surface area contributed by atoms with Crippen molar-refractivity contribution in [2.24, 2.45) is 5.92 Å². The lowest BCUT2D eigenvalue weighted by Gasteiger charge is -2.25. The highest BCUT2D eigenvalue weighted by Crippen LogP contribution is 2.15. The Hall–Kier alpha value is -1.17. The maximum Gasteiger partial charge on any atom is 0.123 e. The normalized spacial score (nSPS) is 19.9. The summed E-state index contributed by atoms with van der Waals surface area (Å²) >= 11 is 0. The maximum atomic E-state index is 12.8. The molecule has 0 bridgehead atoms. The third-order valence-corrected chi connectivity index (χ3v) is 3.71. The van der Waals surface area contributed by atoms with Gasteiger partial charge in [-0.15, -0.1) is 0 Å². The highest BCUT2D eigenvalue weighted by atomic mass is 19.1. The average molecular weight is 297 g/mol. The van der Waals surface area contributed by atoms with Gasteiger partial charge >= 0.3 is 0 Å². The van der Waals surface area contributed by atoms with E-state index in [1.165, 1.54) is 12.1 Å². The first kappa shape index (κ1) is 16.2. The summed E-state index contributed by atoms with van der Waals surface area (Å²) in [5.74, 6) is 0.844. The van der Waals surface area contributed by atoms with Crippen LogP contribution in [0.15, 0.2) is 24.3 Å². The Kier molecular flexibility index (Phi) is 6.42. The second-order valence-corrected chi connectivity index (χ2v) is 5.50. The quantitative estimate of drug-likeness (QED) is 0.796. The van der Waals surface area contributed by atoms with Crippen LogP contribution >= 0.6 is 0 Å². The molecule has 1 aromatic carbocycles. The Morgan fingerprint density at radius 1 is 1.43 bits per heavy atom. The topological polar surface area (TPSA) is 41.9 Å². The molecule has 1 N–H and O–H groups in total. The molecule has 1 aliphatic rings. The maximum absolute atomic E-state index is 12.8.